The number of aromatic carboxylic acids is 1. The Morgan fingerprint density at radius 1 is 1.19 bits per heavy atom. The lowest BCUT2D eigenvalue weighted by Gasteiger charge is -1.91. The molecule has 0 unspecified atom stereocenters. The van der Waals surface area contributed by atoms with Crippen molar-refractivity contribution in [2.45, 2.75) is 6.92 Å². The van der Waals surface area contributed by atoms with Crippen molar-refractivity contribution in [3.05, 3.63) is 54.4 Å². The van der Waals surface area contributed by atoms with E-state index in [-0.39, 0.29) is 5.69 Å². The van der Waals surface area contributed by atoms with Crippen LogP contribution in [0.4, 0.5) is 0 Å². The van der Waals surface area contributed by atoms with Crippen LogP contribution in [0.1, 0.15) is 16.2 Å². The Kier molecular flexibility index (Phi) is 4.59. The molecule has 2 aromatic heterocycles. The average Bonchev–Trinajstić information content (AvgIpc) is 2.32. The van der Waals surface area contributed by atoms with Crippen LogP contribution in [0.15, 0.2) is 43.0 Å². The molecule has 0 aliphatic rings. The molecule has 0 saturated carbocycles. The van der Waals surface area contributed by atoms with Gasteiger partial charge in [-0.2, -0.15) is 0 Å². The fourth-order valence-corrected chi connectivity index (χ4v) is 0.884. The predicted octanol–water partition coefficient (Wildman–Crippen LogP) is 1.56. The third-order valence-corrected chi connectivity index (χ3v) is 1.59. The number of aromatic nitrogens is 3. The van der Waals surface area contributed by atoms with Crippen LogP contribution in [0.5, 0.6) is 0 Å². The highest BCUT2D eigenvalue weighted by molar-refractivity contribution is 5.85. The van der Waals surface area contributed by atoms with Gasteiger partial charge >= 0.3 is 5.97 Å². The molecule has 0 aliphatic carbocycles. The van der Waals surface area contributed by atoms with Gasteiger partial charge in [-0.15, -0.1) is 0 Å². The number of hydrogen-bond acceptors (Lipinski definition) is 4. The van der Waals surface area contributed by atoms with Crippen LogP contribution in [0.25, 0.3) is 0 Å². The summed E-state index contributed by atoms with van der Waals surface area (Å²) < 4.78 is 0. The fraction of sp³-hybridized carbons (Fsp3) is 0.0909. The summed E-state index contributed by atoms with van der Waals surface area (Å²) in [6.07, 6.45) is 4.73. The fourth-order valence-electron chi connectivity index (χ4n) is 0.884. The van der Waals surface area contributed by atoms with Crippen molar-refractivity contribution in [1.82, 2.24) is 15.0 Å². The first-order valence-electron chi connectivity index (χ1n) is 4.57. The first kappa shape index (κ1) is 11.8. The van der Waals surface area contributed by atoms with Crippen molar-refractivity contribution in [1.29, 1.82) is 0 Å². The summed E-state index contributed by atoms with van der Waals surface area (Å²) in [6.45, 7) is 1.72. The van der Waals surface area contributed by atoms with E-state index >= 15 is 0 Å². The Labute approximate surface area is 92.8 Å². The summed E-state index contributed by atoms with van der Waals surface area (Å²) in [4.78, 5) is 21.3. The SMILES string of the molecule is Cc1cc(C(=O)O)ncn1.c1ccncc1. The van der Waals surface area contributed by atoms with E-state index in [1.807, 2.05) is 18.2 Å². The number of hydrogen-bond donors (Lipinski definition) is 1. The number of aryl methyl sites for hydroxylation is 1. The zero-order valence-electron chi connectivity index (χ0n) is 8.74. The Morgan fingerprint density at radius 2 is 1.88 bits per heavy atom. The summed E-state index contributed by atoms with van der Waals surface area (Å²) in [6, 6.07) is 7.13. The largest absolute Gasteiger partial charge is 0.477 e. The molecule has 1 N–H and O–H groups in total. The van der Waals surface area contributed by atoms with Crippen LogP contribution < -0.4 is 0 Å². The van der Waals surface area contributed by atoms with Gasteiger partial charge in [0.1, 0.15) is 6.33 Å². The second kappa shape index (κ2) is 6.23. The molecule has 0 aliphatic heterocycles. The standard InChI is InChI=1S/C6H6N2O2.C5H5N/c1-4-2-5(6(9)10)8-3-7-4;1-2-4-6-5-3-1/h2-3H,1H3,(H,9,10);1-5H. The molecule has 5 heteroatoms. The van der Waals surface area contributed by atoms with Gasteiger partial charge in [0.2, 0.25) is 0 Å². The van der Waals surface area contributed by atoms with E-state index in [1.54, 1.807) is 19.3 Å². The highest BCUT2D eigenvalue weighted by Gasteiger charge is 2.02. The molecule has 82 valence electrons. The molecule has 0 aromatic carbocycles. The van der Waals surface area contributed by atoms with Crippen molar-refractivity contribution in [3.8, 4) is 0 Å². The molecular formula is C11H11N3O2. The number of nitrogens with zero attached hydrogens (tertiary/aromatic N) is 3. The maximum Gasteiger partial charge on any atom is 0.354 e. The molecule has 2 rings (SSSR count). The number of carbonyl (C=O) groups is 1. The molecule has 0 radical (unpaired) electrons. The lowest BCUT2D eigenvalue weighted by atomic mass is 10.3. The molecule has 0 fully saturated rings. The van der Waals surface area contributed by atoms with Gasteiger partial charge in [0.25, 0.3) is 0 Å². The molecule has 0 atom stereocenters. The van der Waals surface area contributed by atoms with Crippen molar-refractivity contribution in [2.75, 3.05) is 0 Å². The molecule has 0 saturated heterocycles. The van der Waals surface area contributed by atoms with Gasteiger partial charge in [-0.25, -0.2) is 14.8 Å². The zero-order chi connectivity index (χ0) is 11.8. The van der Waals surface area contributed by atoms with Crippen LogP contribution in [0.2, 0.25) is 0 Å². The Bertz CT molecular complexity index is 419. The molecule has 0 bridgehead atoms. The number of carboxylic acids is 1. The summed E-state index contributed by atoms with van der Waals surface area (Å²) in [5.74, 6) is -1.02. The first-order valence-corrected chi connectivity index (χ1v) is 4.57. The number of carboxylic acid groups (broad SMARTS) is 1. The van der Waals surface area contributed by atoms with Gasteiger partial charge in [0.15, 0.2) is 5.69 Å². The van der Waals surface area contributed by atoms with E-state index in [0.717, 1.165) is 0 Å². The molecule has 16 heavy (non-hydrogen) atoms. The van der Waals surface area contributed by atoms with Crippen molar-refractivity contribution < 1.29 is 9.90 Å². The first-order chi connectivity index (χ1) is 7.70. The van der Waals surface area contributed by atoms with E-state index in [0.29, 0.717) is 5.69 Å². The van der Waals surface area contributed by atoms with Gasteiger partial charge in [-0.05, 0) is 25.1 Å². The maximum absolute atomic E-state index is 10.3. The summed E-state index contributed by atoms with van der Waals surface area (Å²) in [5.41, 5.74) is 0.694. The van der Waals surface area contributed by atoms with E-state index in [4.69, 9.17) is 5.11 Å². The molecule has 0 amide bonds. The minimum Gasteiger partial charge on any atom is -0.477 e. The van der Waals surface area contributed by atoms with Crippen LogP contribution in [0.3, 0.4) is 0 Å². The van der Waals surface area contributed by atoms with Gasteiger partial charge in [-0.1, -0.05) is 6.07 Å². The Balaban J connectivity index is 0.000000181. The van der Waals surface area contributed by atoms with Crippen molar-refractivity contribution >= 4 is 5.97 Å². The monoisotopic (exact) mass is 217 g/mol. The van der Waals surface area contributed by atoms with Gasteiger partial charge in [-0.3, -0.25) is 4.98 Å². The second-order valence-corrected chi connectivity index (χ2v) is 2.87. The highest BCUT2D eigenvalue weighted by atomic mass is 16.4. The third-order valence-electron chi connectivity index (χ3n) is 1.59. The predicted molar refractivity (Wildman–Crippen MR) is 58.0 cm³/mol. The minimum atomic E-state index is -1.02. The number of rotatable bonds is 1. The van der Waals surface area contributed by atoms with Crippen LogP contribution in [-0.2, 0) is 0 Å². The lowest BCUT2D eigenvalue weighted by Crippen LogP contribution is -2.00. The van der Waals surface area contributed by atoms with Crippen LogP contribution >= 0.6 is 0 Å². The summed E-state index contributed by atoms with van der Waals surface area (Å²) in [7, 11) is 0. The molecule has 0 spiro atoms. The van der Waals surface area contributed by atoms with Gasteiger partial charge in [0.05, 0.1) is 0 Å². The lowest BCUT2D eigenvalue weighted by molar-refractivity contribution is 0.0690. The number of pyridine rings is 1. The summed E-state index contributed by atoms with van der Waals surface area (Å²) in [5, 5.41) is 8.42. The molecule has 2 aromatic rings. The van der Waals surface area contributed by atoms with Crippen molar-refractivity contribution in [3.63, 3.8) is 0 Å². The smallest absolute Gasteiger partial charge is 0.354 e. The van der Waals surface area contributed by atoms with E-state index in [9.17, 15) is 4.79 Å². The minimum absolute atomic E-state index is 0.0347. The molecular weight excluding hydrogens is 206 g/mol. The molecule has 5 nitrogen and oxygen atoms in total. The third kappa shape index (κ3) is 4.28. The van der Waals surface area contributed by atoms with Crippen LogP contribution in [0, 0.1) is 6.92 Å². The van der Waals surface area contributed by atoms with Gasteiger partial charge in [0, 0.05) is 18.1 Å². The van der Waals surface area contributed by atoms with Crippen LogP contribution in [-0.4, -0.2) is 26.0 Å². The van der Waals surface area contributed by atoms with E-state index in [2.05, 4.69) is 15.0 Å². The van der Waals surface area contributed by atoms with Gasteiger partial charge < -0.3 is 5.11 Å². The Morgan fingerprint density at radius 3 is 2.19 bits per heavy atom. The second-order valence-electron chi connectivity index (χ2n) is 2.87. The summed E-state index contributed by atoms with van der Waals surface area (Å²) >= 11 is 0. The van der Waals surface area contributed by atoms with Crippen molar-refractivity contribution in [2.24, 2.45) is 0 Å². The maximum atomic E-state index is 10.3. The zero-order valence-corrected chi connectivity index (χ0v) is 8.74. The topological polar surface area (TPSA) is 76.0 Å². The normalized spacial score (nSPS) is 8.81. The van der Waals surface area contributed by atoms with E-state index < -0.39 is 5.97 Å². The molecule has 2 heterocycles. The highest BCUT2D eigenvalue weighted by Crippen LogP contribution is 1.94. The Hall–Kier alpha value is -2.30. The average molecular weight is 217 g/mol. The quantitative estimate of drug-likeness (QED) is 0.784. The van der Waals surface area contributed by atoms with E-state index in [1.165, 1.54) is 12.4 Å².